The number of anilines is 2. The van der Waals surface area contributed by atoms with Crippen LogP contribution in [0.3, 0.4) is 0 Å². The van der Waals surface area contributed by atoms with E-state index in [2.05, 4.69) is 45.0 Å². The summed E-state index contributed by atoms with van der Waals surface area (Å²) in [5, 5.41) is 14.8. The van der Waals surface area contributed by atoms with E-state index in [1.165, 1.54) is 5.56 Å². The van der Waals surface area contributed by atoms with Crippen LogP contribution in [0.25, 0.3) is 22.6 Å². The van der Waals surface area contributed by atoms with Crippen molar-refractivity contribution in [3.05, 3.63) is 59.7 Å². The molecule has 8 heteroatoms. The number of unbranched alkanes of at least 4 members (excludes halogenated alkanes) is 3. The molecule has 0 unspecified atom stereocenters. The summed E-state index contributed by atoms with van der Waals surface area (Å²) in [6.07, 6.45) is 8.23. The Hall–Kier alpha value is -3.10. The smallest absolute Gasteiger partial charge is 0.187 e. The third kappa shape index (κ3) is 5.74. The van der Waals surface area contributed by atoms with Crippen LogP contribution in [0, 0.1) is 6.92 Å². The van der Waals surface area contributed by atoms with E-state index in [0.717, 1.165) is 72.2 Å². The summed E-state index contributed by atoms with van der Waals surface area (Å²) < 4.78 is 1.89. The Morgan fingerprint density at radius 2 is 1.94 bits per heavy atom. The third-order valence-electron chi connectivity index (χ3n) is 4.97. The standard InChI is InChI=1S/C23H27N7S/c1-17-7-6-8-19(13-17)26-23-27-22(16-31-23)18-9-11-25-20(14-18)21-15-30(29-28-21)12-5-3-2-4-10-24/h6-9,11,13-16H,2-5,10,12,24H2,1H3,(H,26,27). The first-order valence-corrected chi connectivity index (χ1v) is 11.5. The Balaban J connectivity index is 1.42. The summed E-state index contributed by atoms with van der Waals surface area (Å²) in [5.41, 5.74) is 11.3. The molecule has 0 aliphatic heterocycles. The van der Waals surface area contributed by atoms with Gasteiger partial charge in [0.25, 0.3) is 0 Å². The predicted octanol–water partition coefficient (Wildman–Crippen LogP) is 5.03. The van der Waals surface area contributed by atoms with E-state index in [0.29, 0.717) is 0 Å². The second-order valence-corrected chi connectivity index (χ2v) is 8.39. The van der Waals surface area contributed by atoms with Crippen molar-refractivity contribution in [3.63, 3.8) is 0 Å². The van der Waals surface area contributed by atoms with E-state index in [4.69, 9.17) is 10.7 Å². The molecule has 0 saturated carbocycles. The van der Waals surface area contributed by atoms with Crippen LogP contribution < -0.4 is 11.1 Å². The Morgan fingerprint density at radius 1 is 1.03 bits per heavy atom. The average Bonchev–Trinajstić information content (AvgIpc) is 3.44. The van der Waals surface area contributed by atoms with Crippen LogP contribution in [0.1, 0.15) is 31.2 Å². The highest BCUT2D eigenvalue weighted by molar-refractivity contribution is 7.14. The molecule has 1 aromatic carbocycles. The van der Waals surface area contributed by atoms with E-state index in [1.54, 1.807) is 17.5 Å². The topological polar surface area (TPSA) is 94.5 Å². The van der Waals surface area contributed by atoms with Crippen LogP contribution in [0.15, 0.2) is 54.2 Å². The monoisotopic (exact) mass is 433 g/mol. The van der Waals surface area contributed by atoms with Gasteiger partial charge in [0.1, 0.15) is 5.69 Å². The van der Waals surface area contributed by atoms with E-state index in [9.17, 15) is 0 Å². The molecule has 0 bridgehead atoms. The lowest BCUT2D eigenvalue weighted by molar-refractivity contribution is 0.524. The highest BCUT2D eigenvalue weighted by Gasteiger charge is 2.10. The minimum atomic E-state index is 0.762. The number of benzene rings is 1. The van der Waals surface area contributed by atoms with Crippen LogP contribution in [-0.2, 0) is 6.54 Å². The summed E-state index contributed by atoms with van der Waals surface area (Å²) in [6.45, 7) is 3.70. The first-order valence-electron chi connectivity index (χ1n) is 10.6. The van der Waals surface area contributed by atoms with Crippen LogP contribution in [0.4, 0.5) is 10.8 Å². The fraction of sp³-hybridized carbons (Fsp3) is 0.304. The molecular weight excluding hydrogens is 406 g/mol. The van der Waals surface area contributed by atoms with Crippen molar-refractivity contribution < 1.29 is 0 Å². The quantitative estimate of drug-likeness (QED) is 0.340. The molecule has 0 fully saturated rings. The minimum absolute atomic E-state index is 0.762. The molecule has 0 spiro atoms. The van der Waals surface area contributed by atoms with Crippen molar-refractivity contribution in [3.8, 4) is 22.6 Å². The highest BCUT2D eigenvalue weighted by atomic mass is 32.1. The highest BCUT2D eigenvalue weighted by Crippen LogP contribution is 2.29. The fourth-order valence-corrected chi connectivity index (χ4v) is 4.08. The number of aryl methyl sites for hydroxylation is 2. The van der Waals surface area contributed by atoms with Crippen LogP contribution in [0.2, 0.25) is 0 Å². The molecule has 0 saturated heterocycles. The van der Waals surface area contributed by atoms with Gasteiger partial charge in [0.05, 0.1) is 17.6 Å². The maximum absolute atomic E-state index is 5.54. The number of thiazole rings is 1. The molecule has 7 nitrogen and oxygen atoms in total. The van der Waals surface area contributed by atoms with Gasteiger partial charge in [-0.05, 0) is 56.1 Å². The van der Waals surface area contributed by atoms with E-state index >= 15 is 0 Å². The molecule has 4 aromatic rings. The normalized spacial score (nSPS) is 11.0. The molecular formula is C23H27N7S. The molecule has 4 rings (SSSR count). The van der Waals surface area contributed by atoms with Gasteiger partial charge in [-0.1, -0.05) is 30.2 Å². The van der Waals surface area contributed by atoms with Crippen molar-refractivity contribution in [2.24, 2.45) is 5.73 Å². The number of aromatic nitrogens is 5. The summed E-state index contributed by atoms with van der Waals surface area (Å²) in [4.78, 5) is 9.22. The fourth-order valence-electron chi connectivity index (χ4n) is 3.34. The number of pyridine rings is 1. The summed E-state index contributed by atoms with van der Waals surface area (Å²) in [7, 11) is 0. The van der Waals surface area contributed by atoms with Gasteiger partial charge in [-0.3, -0.25) is 9.67 Å². The molecule has 0 aliphatic carbocycles. The van der Waals surface area contributed by atoms with Gasteiger partial charge in [0.2, 0.25) is 0 Å². The number of nitrogens with one attached hydrogen (secondary N) is 1. The van der Waals surface area contributed by atoms with Crippen LogP contribution >= 0.6 is 11.3 Å². The molecule has 0 amide bonds. The zero-order valence-electron chi connectivity index (χ0n) is 17.7. The molecule has 0 aliphatic rings. The van der Waals surface area contributed by atoms with Crippen molar-refractivity contribution in [1.29, 1.82) is 0 Å². The van der Waals surface area contributed by atoms with E-state index in [-0.39, 0.29) is 0 Å². The average molecular weight is 434 g/mol. The van der Waals surface area contributed by atoms with Gasteiger partial charge in [0, 0.05) is 29.4 Å². The second kappa shape index (κ2) is 10.3. The predicted molar refractivity (Wildman–Crippen MR) is 126 cm³/mol. The number of hydrogen-bond acceptors (Lipinski definition) is 7. The number of rotatable bonds is 10. The molecule has 0 atom stereocenters. The van der Waals surface area contributed by atoms with Crippen LogP contribution in [-0.4, -0.2) is 31.5 Å². The maximum Gasteiger partial charge on any atom is 0.187 e. The number of hydrogen-bond donors (Lipinski definition) is 2. The first-order chi connectivity index (χ1) is 15.2. The molecule has 31 heavy (non-hydrogen) atoms. The van der Waals surface area contributed by atoms with Crippen LogP contribution in [0.5, 0.6) is 0 Å². The number of nitrogens with zero attached hydrogens (tertiary/aromatic N) is 5. The summed E-state index contributed by atoms with van der Waals surface area (Å²) >= 11 is 1.58. The van der Waals surface area contributed by atoms with E-state index < -0.39 is 0 Å². The Morgan fingerprint density at radius 3 is 2.81 bits per heavy atom. The summed E-state index contributed by atoms with van der Waals surface area (Å²) in [6, 6.07) is 12.2. The lowest BCUT2D eigenvalue weighted by Crippen LogP contribution is -2.00. The summed E-state index contributed by atoms with van der Waals surface area (Å²) in [5.74, 6) is 0. The molecule has 3 aromatic heterocycles. The van der Waals surface area contributed by atoms with Crippen molar-refractivity contribution >= 4 is 22.2 Å². The van der Waals surface area contributed by atoms with Crippen molar-refractivity contribution in [2.75, 3.05) is 11.9 Å². The maximum atomic E-state index is 5.54. The molecule has 3 heterocycles. The third-order valence-corrected chi connectivity index (χ3v) is 5.73. The zero-order chi connectivity index (χ0) is 21.5. The largest absolute Gasteiger partial charge is 0.332 e. The van der Waals surface area contributed by atoms with Gasteiger partial charge in [0.15, 0.2) is 5.13 Å². The lowest BCUT2D eigenvalue weighted by atomic mass is 10.1. The Bertz CT molecular complexity index is 1120. The number of nitrogens with two attached hydrogens (primary N) is 1. The Labute approximate surface area is 186 Å². The van der Waals surface area contributed by atoms with Crippen molar-refractivity contribution in [2.45, 2.75) is 39.2 Å². The van der Waals surface area contributed by atoms with Gasteiger partial charge in [-0.2, -0.15) is 0 Å². The first kappa shape index (κ1) is 21.1. The second-order valence-electron chi connectivity index (χ2n) is 7.53. The van der Waals surface area contributed by atoms with Gasteiger partial charge >= 0.3 is 0 Å². The SMILES string of the molecule is Cc1cccc(Nc2nc(-c3ccnc(-c4cn(CCCCCCN)nn4)c3)cs2)c1. The molecule has 0 radical (unpaired) electrons. The van der Waals surface area contributed by atoms with Gasteiger partial charge in [-0.15, -0.1) is 16.4 Å². The molecule has 160 valence electrons. The zero-order valence-corrected chi connectivity index (χ0v) is 18.5. The van der Waals surface area contributed by atoms with Crippen molar-refractivity contribution in [1.82, 2.24) is 25.0 Å². The molecule has 3 N–H and O–H groups in total. The van der Waals surface area contributed by atoms with Gasteiger partial charge < -0.3 is 11.1 Å². The lowest BCUT2D eigenvalue weighted by Gasteiger charge is -2.03. The van der Waals surface area contributed by atoms with Gasteiger partial charge in [-0.25, -0.2) is 4.98 Å². The Kier molecular flexibility index (Phi) is 7.01. The minimum Gasteiger partial charge on any atom is -0.332 e. The van der Waals surface area contributed by atoms with E-state index in [1.807, 2.05) is 35.1 Å².